The Labute approximate surface area is 164 Å². The van der Waals surface area contributed by atoms with Crippen LogP contribution in [0.15, 0.2) is 60.7 Å². The molecule has 4 rings (SSSR count). The average Bonchev–Trinajstić information content (AvgIpc) is 3.06. The van der Waals surface area contributed by atoms with Crippen LogP contribution in [0.2, 0.25) is 0 Å². The summed E-state index contributed by atoms with van der Waals surface area (Å²) in [6.07, 6.45) is 0. The molecule has 0 aliphatic carbocycles. The Morgan fingerprint density at radius 1 is 1.11 bits per heavy atom. The topological polar surface area (TPSA) is 56.1 Å². The monoisotopic (exact) mass is 373 g/mol. The summed E-state index contributed by atoms with van der Waals surface area (Å²) in [5.74, 6) is 1.40. The predicted octanol–water partition coefficient (Wildman–Crippen LogP) is 4.16. The zero-order valence-corrected chi connectivity index (χ0v) is 16.3. The Morgan fingerprint density at radius 2 is 1.86 bits per heavy atom. The molecule has 1 N–H and O–H groups in total. The molecule has 0 fully saturated rings. The summed E-state index contributed by atoms with van der Waals surface area (Å²) in [5.41, 5.74) is 2.98. The van der Waals surface area contributed by atoms with Gasteiger partial charge in [0.25, 0.3) is 0 Å². The number of imidazole rings is 1. The number of fused-ring (bicyclic) bond motifs is 2. The first kappa shape index (κ1) is 18.0. The van der Waals surface area contributed by atoms with Crippen molar-refractivity contribution in [3.8, 4) is 5.75 Å². The Balaban J connectivity index is 1.49. The summed E-state index contributed by atoms with van der Waals surface area (Å²) in [7, 11) is 3.63. The van der Waals surface area contributed by atoms with E-state index in [1.165, 1.54) is 0 Å². The minimum atomic E-state index is -0.249. The lowest BCUT2D eigenvalue weighted by molar-refractivity contribution is -0.122. The van der Waals surface area contributed by atoms with Gasteiger partial charge in [0.1, 0.15) is 11.6 Å². The zero-order chi connectivity index (χ0) is 19.7. The number of nitrogens with zero attached hydrogens (tertiary/aromatic N) is 2. The van der Waals surface area contributed by atoms with Crippen molar-refractivity contribution >= 4 is 27.7 Å². The van der Waals surface area contributed by atoms with Crippen LogP contribution in [0.5, 0.6) is 5.75 Å². The third-order valence-electron chi connectivity index (χ3n) is 5.27. The molecule has 142 valence electrons. The van der Waals surface area contributed by atoms with Gasteiger partial charge in [0.2, 0.25) is 5.91 Å². The Bertz CT molecular complexity index is 1160. The fraction of sp³-hybridized carbons (Fsp3) is 0.217. The molecule has 0 spiro atoms. The second kappa shape index (κ2) is 7.35. The van der Waals surface area contributed by atoms with Crippen LogP contribution >= 0.6 is 0 Å². The third kappa shape index (κ3) is 3.31. The van der Waals surface area contributed by atoms with E-state index >= 15 is 0 Å². The normalized spacial score (nSPS) is 12.2. The van der Waals surface area contributed by atoms with E-state index in [0.29, 0.717) is 6.54 Å². The first-order valence-electron chi connectivity index (χ1n) is 9.32. The number of carbonyl (C=O) groups excluding carboxylic acids is 1. The van der Waals surface area contributed by atoms with E-state index in [9.17, 15) is 4.79 Å². The fourth-order valence-electron chi connectivity index (χ4n) is 3.46. The number of rotatable bonds is 5. The summed E-state index contributed by atoms with van der Waals surface area (Å²) in [6.45, 7) is 2.33. The molecule has 1 amide bonds. The van der Waals surface area contributed by atoms with Crippen LogP contribution in [0.25, 0.3) is 21.8 Å². The van der Waals surface area contributed by atoms with Gasteiger partial charge >= 0.3 is 0 Å². The lowest BCUT2D eigenvalue weighted by Crippen LogP contribution is -2.28. The number of aromatic nitrogens is 2. The molecule has 5 heteroatoms. The largest absolute Gasteiger partial charge is 0.497 e. The van der Waals surface area contributed by atoms with Gasteiger partial charge in [-0.2, -0.15) is 0 Å². The van der Waals surface area contributed by atoms with Crippen LogP contribution in [-0.4, -0.2) is 22.6 Å². The van der Waals surface area contributed by atoms with Crippen molar-refractivity contribution in [2.24, 2.45) is 7.05 Å². The average molecular weight is 373 g/mol. The minimum absolute atomic E-state index is 0.0140. The van der Waals surface area contributed by atoms with Gasteiger partial charge in [-0.1, -0.05) is 36.4 Å². The highest BCUT2D eigenvalue weighted by atomic mass is 16.5. The Kier molecular flexibility index (Phi) is 4.74. The molecular weight excluding hydrogens is 350 g/mol. The summed E-state index contributed by atoms with van der Waals surface area (Å²) in [6, 6.07) is 20.0. The number of nitrogens with one attached hydrogen (secondary N) is 1. The van der Waals surface area contributed by atoms with E-state index in [-0.39, 0.29) is 11.8 Å². The highest BCUT2D eigenvalue weighted by Gasteiger charge is 2.17. The van der Waals surface area contributed by atoms with E-state index in [1.807, 2.05) is 73.1 Å². The van der Waals surface area contributed by atoms with Gasteiger partial charge in [-0.05, 0) is 47.5 Å². The SMILES string of the molecule is COc1ccc2cc([C@H](C)C(=O)NCc3nc4ccccc4n3C)ccc2c1. The van der Waals surface area contributed by atoms with E-state index < -0.39 is 0 Å². The first-order chi connectivity index (χ1) is 13.6. The summed E-state index contributed by atoms with van der Waals surface area (Å²) >= 11 is 0. The number of carbonyl (C=O) groups is 1. The maximum atomic E-state index is 12.7. The van der Waals surface area contributed by atoms with Gasteiger partial charge in [-0.15, -0.1) is 0 Å². The molecule has 0 radical (unpaired) electrons. The molecule has 0 unspecified atom stereocenters. The molecule has 0 saturated carbocycles. The van der Waals surface area contributed by atoms with Gasteiger partial charge < -0.3 is 14.6 Å². The molecule has 1 aromatic heterocycles. The van der Waals surface area contributed by atoms with Crippen molar-refractivity contribution in [1.82, 2.24) is 14.9 Å². The Morgan fingerprint density at radius 3 is 2.64 bits per heavy atom. The van der Waals surface area contributed by atoms with Crippen LogP contribution < -0.4 is 10.1 Å². The number of hydrogen-bond acceptors (Lipinski definition) is 3. The van der Waals surface area contributed by atoms with Crippen molar-refractivity contribution in [2.45, 2.75) is 19.4 Å². The first-order valence-corrected chi connectivity index (χ1v) is 9.32. The van der Waals surface area contributed by atoms with Crippen LogP contribution in [-0.2, 0) is 18.4 Å². The zero-order valence-electron chi connectivity index (χ0n) is 16.3. The van der Waals surface area contributed by atoms with Gasteiger partial charge in [-0.3, -0.25) is 4.79 Å². The van der Waals surface area contributed by atoms with Crippen molar-refractivity contribution in [1.29, 1.82) is 0 Å². The number of benzene rings is 3. The van der Waals surface area contributed by atoms with Gasteiger partial charge in [0.05, 0.1) is 30.6 Å². The van der Waals surface area contributed by atoms with E-state index in [4.69, 9.17) is 4.74 Å². The fourth-order valence-corrected chi connectivity index (χ4v) is 3.46. The number of hydrogen-bond donors (Lipinski definition) is 1. The van der Waals surface area contributed by atoms with E-state index in [2.05, 4.69) is 16.4 Å². The molecule has 3 aromatic carbocycles. The van der Waals surface area contributed by atoms with Crippen LogP contribution in [0, 0.1) is 0 Å². The van der Waals surface area contributed by atoms with Crippen molar-refractivity contribution in [2.75, 3.05) is 7.11 Å². The van der Waals surface area contributed by atoms with Crippen LogP contribution in [0.4, 0.5) is 0 Å². The number of ether oxygens (including phenoxy) is 1. The molecule has 1 heterocycles. The predicted molar refractivity (Wildman–Crippen MR) is 111 cm³/mol. The Hall–Kier alpha value is -3.34. The quantitative estimate of drug-likeness (QED) is 0.572. The summed E-state index contributed by atoms with van der Waals surface area (Å²) < 4.78 is 7.29. The molecule has 4 aromatic rings. The van der Waals surface area contributed by atoms with E-state index in [0.717, 1.165) is 38.9 Å². The summed E-state index contributed by atoms with van der Waals surface area (Å²) in [4.78, 5) is 17.3. The lowest BCUT2D eigenvalue weighted by Gasteiger charge is -2.14. The smallest absolute Gasteiger partial charge is 0.227 e. The highest BCUT2D eigenvalue weighted by molar-refractivity contribution is 5.88. The van der Waals surface area contributed by atoms with Crippen molar-refractivity contribution < 1.29 is 9.53 Å². The molecule has 0 saturated heterocycles. The molecule has 0 aliphatic heterocycles. The maximum Gasteiger partial charge on any atom is 0.227 e. The number of aryl methyl sites for hydroxylation is 1. The lowest BCUT2D eigenvalue weighted by atomic mass is 9.97. The minimum Gasteiger partial charge on any atom is -0.497 e. The van der Waals surface area contributed by atoms with Gasteiger partial charge in [0.15, 0.2) is 0 Å². The molecule has 28 heavy (non-hydrogen) atoms. The van der Waals surface area contributed by atoms with E-state index in [1.54, 1.807) is 7.11 Å². The second-order valence-electron chi connectivity index (χ2n) is 6.99. The summed E-state index contributed by atoms with van der Waals surface area (Å²) in [5, 5.41) is 5.21. The van der Waals surface area contributed by atoms with Crippen molar-refractivity contribution in [3.05, 3.63) is 72.1 Å². The number of amides is 1. The highest BCUT2D eigenvalue weighted by Crippen LogP contribution is 2.25. The molecule has 1 atom stereocenters. The standard InChI is InChI=1S/C23H23N3O2/c1-15(16-8-9-18-13-19(28-3)11-10-17(18)12-16)23(27)24-14-22-25-20-6-4-5-7-21(20)26(22)2/h4-13,15H,14H2,1-3H3,(H,24,27)/t15-/m0/s1. The molecule has 0 aliphatic rings. The molecular formula is C23H23N3O2. The maximum absolute atomic E-state index is 12.7. The van der Waals surface area contributed by atoms with Crippen LogP contribution in [0.3, 0.4) is 0 Å². The van der Waals surface area contributed by atoms with Crippen LogP contribution in [0.1, 0.15) is 24.2 Å². The number of methoxy groups -OCH3 is 1. The van der Waals surface area contributed by atoms with Crippen molar-refractivity contribution in [3.63, 3.8) is 0 Å². The third-order valence-corrected chi connectivity index (χ3v) is 5.27. The molecule has 5 nitrogen and oxygen atoms in total. The van der Waals surface area contributed by atoms with Gasteiger partial charge in [-0.25, -0.2) is 4.98 Å². The molecule has 0 bridgehead atoms. The van der Waals surface area contributed by atoms with Gasteiger partial charge in [0, 0.05) is 7.05 Å². The number of para-hydroxylation sites is 2. The second-order valence-corrected chi connectivity index (χ2v) is 6.99.